The van der Waals surface area contributed by atoms with Crippen LogP contribution in [0.3, 0.4) is 0 Å². The standard InChI is InChI=1S/C13H12O6/c1-5-2-6(7-4-9(14)18-11(7)15)3-8-10(5)13(17)19-12(8)16/h5-7H,2-4H2,1H3. The van der Waals surface area contributed by atoms with Crippen LogP contribution in [0.5, 0.6) is 0 Å². The lowest BCUT2D eigenvalue weighted by Crippen LogP contribution is -2.27. The van der Waals surface area contributed by atoms with Gasteiger partial charge in [-0.15, -0.1) is 0 Å². The minimum Gasteiger partial charge on any atom is -0.393 e. The van der Waals surface area contributed by atoms with Gasteiger partial charge >= 0.3 is 23.9 Å². The van der Waals surface area contributed by atoms with Crippen LogP contribution in [0.25, 0.3) is 0 Å². The lowest BCUT2D eigenvalue weighted by atomic mass is 9.72. The molecule has 6 nitrogen and oxygen atoms in total. The molecule has 1 aliphatic carbocycles. The molecule has 1 fully saturated rings. The van der Waals surface area contributed by atoms with Gasteiger partial charge in [-0.05, 0) is 24.7 Å². The van der Waals surface area contributed by atoms with E-state index < -0.39 is 29.8 Å². The van der Waals surface area contributed by atoms with Crippen molar-refractivity contribution in [2.45, 2.75) is 26.2 Å². The first-order chi connectivity index (χ1) is 8.97. The van der Waals surface area contributed by atoms with Crippen molar-refractivity contribution in [2.75, 3.05) is 0 Å². The SMILES string of the molecule is CC1CC(C2CC(=O)OC2=O)CC2=C1C(=O)OC2=O. The van der Waals surface area contributed by atoms with Crippen LogP contribution >= 0.6 is 0 Å². The molecule has 0 bridgehead atoms. The van der Waals surface area contributed by atoms with Gasteiger partial charge in [0.05, 0.1) is 17.9 Å². The molecule has 3 aliphatic rings. The second kappa shape index (κ2) is 4.01. The topological polar surface area (TPSA) is 86.7 Å². The highest BCUT2D eigenvalue weighted by Crippen LogP contribution is 2.43. The Hall–Kier alpha value is -1.98. The van der Waals surface area contributed by atoms with Gasteiger partial charge in [-0.1, -0.05) is 6.92 Å². The van der Waals surface area contributed by atoms with Crippen LogP contribution < -0.4 is 0 Å². The van der Waals surface area contributed by atoms with E-state index in [4.69, 9.17) is 0 Å². The predicted octanol–water partition coefficient (Wildman–Crippen LogP) is 0.502. The molecule has 0 aromatic carbocycles. The number of hydrogen-bond donors (Lipinski definition) is 0. The van der Waals surface area contributed by atoms with E-state index >= 15 is 0 Å². The monoisotopic (exact) mass is 264 g/mol. The number of carbonyl (C=O) groups is 4. The maximum Gasteiger partial charge on any atom is 0.342 e. The quantitative estimate of drug-likeness (QED) is 0.506. The minimum absolute atomic E-state index is 0.0574. The van der Waals surface area contributed by atoms with E-state index in [0.29, 0.717) is 24.0 Å². The number of ether oxygens (including phenoxy) is 2. The van der Waals surface area contributed by atoms with Crippen molar-refractivity contribution in [3.05, 3.63) is 11.1 Å². The Morgan fingerprint density at radius 2 is 1.74 bits per heavy atom. The smallest absolute Gasteiger partial charge is 0.342 e. The number of carbonyl (C=O) groups excluding carboxylic acids is 4. The molecular weight excluding hydrogens is 252 g/mol. The maximum atomic E-state index is 11.6. The van der Waals surface area contributed by atoms with Crippen molar-refractivity contribution in [1.29, 1.82) is 0 Å². The molecule has 0 radical (unpaired) electrons. The van der Waals surface area contributed by atoms with Crippen LogP contribution in [-0.2, 0) is 28.7 Å². The number of rotatable bonds is 1. The highest BCUT2D eigenvalue weighted by atomic mass is 16.6. The highest BCUT2D eigenvalue weighted by molar-refractivity contribution is 6.13. The lowest BCUT2D eigenvalue weighted by molar-refractivity contribution is -0.154. The predicted molar refractivity (Wildman–Crippen MR) is 59.2 cm³/mol. The van der Waals surface area contributed by atoms with Crippen molar-refractivity contribution < 1.29 is 28.7 Å². The van der Waals surface area contributed by atoms with Crippen molar-refractivity contribution in [2.24, 2.45) is 17.8 Å². The first-order valence-electron chi connectivity index (χ1n) is 6.21. The van der Waals surface area contributed by atoms with E-state index in [9.17, 15) is 19.2 Å². The second-order valence-electron chi connectivity index (χ2n) is 5.27. The van der Waals surface area contributed by atoms with Gasteiger partial charge in [0.15, 0.2) is 0 Å². The van der Waals surface area contributed by atoms with Gasteiger partial charge in [-0.25, -0.2) is 9.59 Å². The highest BCUT2D eigenvalue weighted by Gasteiger charge is 2.47. The summed E-state index contributed by atoms with van der Waals surface area (Å²) in [5.41, 5.74) is 0.792. The average molecular weight is 264 g/mol. The van der Waals surface area contributed by atoms with Crippen LogP contribution in [0.1, 0.15) is 26.2 Å². The normalized spacial score (nSPS) is 34.5. The van der Waals surface area contributed by atoms with E-state index in [1.54, 1.807) is 0 Å². The molecule has 0 saturated carbocycles. The largest absolute Gasteiger partial charge is 0.393 e. The van der Waals surface area contributed by atoms with Gasteiger partial charge in [-0.3, -0.25) is 9.59 Å². The zero-order valence-electron chi connectivity index (χ0n) is 10.3. The maximum absolute atomic E-state index is 11.6. The number of esters is 4. The van der Waals surface area contributed by atoms with Crippen molar-refractivity contribution in [3.8, 4) is 0 Å². The Morgan fingerprint density at radius 3 is 2.37 bits per heavy atom. The van der Waals surface area contributed by atoms with Crippen LogP contribution in [-0.4, -0.2) is 23.9 Å². The van der Waals surface area contributed by atoms with Crippen LogP contribution in [0.4, 0.5) is 0 Å². The Balaban J connectivity index is 1.88. The molecular formula is C13H12O6. The van der Waals surface area contributed by atoms with E-state index in [2.05, 4.69) is 9.47 Å². The second-order valence-corrected chi connectivity index (χ2v) is 5.27. The molecule has 0 aromatic rings. The molecule has 2 aliphatic heterocycles. The van der Waals surface area contributed by atoms with Crippen LogP contribution in [0.2, 0.25) is 0 Å². The van der Waals surface area contributed by atoms with Crippen molar-refractivity contribution >= 4 is 23.9 Å². The summed E-state index contributed by atoms with van der Waals surface area (Å²) in [5.74, 6) is -3.03. The third-order valence-corrected chi connectivity index (χ3v) is 4.07. The van der Waals surface area contributed by atoms with Crippen molar-refractivity contribution in [3.63, 3.8) is 0 Å². The number of hydrogen-bond acceptors (Lipinski definition) is 6. The van der Waals surface area contributed by atoms with Crippen LogP contribution in [0, 0.1) is 17.8 Å². The molecule has 0 spiro atoms. The van der Waals surface area contributed by atoms with Gasteiger partial charge < -0.3 is 9.47 Å². The molecule has 6 heteroatoms. The molecule has 100 valence electrons. The Morgan fingerprint density at radius 1 is 1.00 bits per heavy atom. The molecule has 0 N–H and O–H groups in total. The fraction of sp³-hybridized carbons (Fsp3) is 0.538. The minimum atomic E-state index is -0.616. The molecule has 0 amide bonds. The molecule has 3 unspecified atom stereocenters. The van der Waals surface area contributed by atoms with E-state index in [1.165, 1.54) is 0 Å². The molecule has 0 aromatic heterocycles. The molecule has 3 rings (SSSR count). The Labute approximate surface area is 108 Å². The van der Waals surface area contributed by atoms with E-state index in [1.807, 2.05) is 6.92 Å². The average Bonchev–Trinajstić information content (AvgIpc) is 2.80. The summed E-state index contributed by atoms with van der Waals surface area (Å²) in [7, 11) is 0. The lowest BCUT2D eigenvalue weighted by Gasteiger charge is -2.28. The fourth-order valence-corrected chi connectivity index (χ4v) is 3.20. The Kier molecular flexibility index (Phi) is 2.55. The zero-order valence-corrected chi connectivity index (χ0v) is 10.3. The van der Waals surface area contributed by atoms with Crippen LogP contribution in [0.15, 0.2) is 11.1 Å². The first-order valence-corrected chi connectivity index (χ1v) is 6.21. The zero-order chi connectivity index (χ0) is 13.7. The summed E-state index contributed by atoms with van der Waals surface area (Å²) < 4.78 is 9.15. The third kappa shape index (κ3) is 1.78. The molecule has 2 heterocycles. The summed E-state index contributed by atoms with van der Waals surface area (Å²) in [4.78, 5) is 45.8. The summed E-state index contributed by atoms with van der Waals surface area (Å²) in [6.45, 7) is 1.82. The summed E-state index contributed by atoms with van der Waals surface area (Å²) >= 11 is 0. The summed E-state index contributed by atoms with van der Waals surface area (Å²) in [6.07, 6.45) is 0.938. The number of cyclic esters (lactones) is 4. The molecule has 19 heavy (non-hydrogen) atoms. The molecule has 3 atom stereocenters. The summed E-state index contributed by atoms with van der Waals surface area (Å²) in [5, 5.41) is 0. The van der Waals surface area contributed by atoms with Gasteiger partial charge in [-0.2, -0.15) is 0 Å². The fourth-order valence-electron chi connectivity index (χ4n) is 3.20. The molecule has 1 saturated heterocycles. The van der Waals surface area contributed by atoms with Gasteiger partial charge in [0.2, 0.25) is 0 Å². The van der Waals surface area contributed by atoms with Crippen molar-refractivity contribution in [1.82, 2.24) is 0 Å². The third-order valence-electron chi connectivity index (χ3n) is 4.07. The van der Waals surface area contributed by atoms with Gasteiger partial charge in [0.25, 0.3) is 0 Å². The van der Waals surface area contributed by atoms with Gasteiger partial charge in [0.1, 0.15) is 0 Å². The first kappa shape index (κ1) is 12.1. The summed E-state index contributed by atoms with van der Waals surface area (Å²) in [6, 6.07) is 0. The Bertz CT molecular complexity index is 543. The van der Waals surface area contributed by atoms with E-state index in [0.717, 1.165) is 0 Å². The van der Waals surface area contributed by atoms with Gasteiger partial charge in [0, 0.05) is 5.57 Å². The van der Waals surface area contributed by atoms with E-state index in [-0.39, 0.29) is 18.3 Å².